The summed E-state index contributed by atoms with van der Waals surface area (Å²) >= 11 is 5.70. The zero-order valence-electron chi connectivity index (χ0n) is 6.52. The number of halogens is 1. The van der Waals surface area contributed by atoms with Crippen LogP contribution in [0, 0.1) is 0 Å². The Morgan fingerprint density at radius 1 is 1.70 bits per heavy atom. The molecule has 4 heteroatoms. The maximum atomic E-state index is 10.4. The number of likely N-dealkylation sites (N-methyl/N-ethyl adjacent to an activating group) is 1. The van der Waals surface area contributed by atoms with E-state index in [2.05, 4.69) is 5.32 Å². The van der Waals surface area contributed by atoms with E-state index in [0.29, 0.717) is 6.54 Å². The summed E-state index contributed by atoms with van der Waals surface area (Å²) in [7, 11) is 3.80. The molecule has 0 radical (unpaired) electrons. The molecule has 0 aliphatic carbocycles. The zero-order valence-corrected chi connectivity index (χ0v) is 7.27. The molecule has 60 valence electrons. The summed E-state index contributed by atoms with van der Waals surface area (Å²) in [6, 6.07) is 0. The van der Waals surface area contributed by atoms with Gasteiger partial charge in [-0.2, -0.15) is 0 Å². The van der Waals surface area contributed by atoms with Crippen molar-refractivity contribution in [2.75, 3.05) is 20.6 Å². The van der Waals surface area contributed by atoms with Crippen LogP contribution in [-0.2, 0) is 4.79 Å². The first-order valence-corrected chi connectivity index (χ1v) is 3.52. The summed E-state index contributed by atoms with van der Waals surface area (Å²) in [5, 5.41) is 2.56. The van der Waals surface area contributed by atoms with Gasteiger partial charge in [0.15, 0.2) is 0 Å². The van der Waals surface area contributed by atoms with Crippen molar-refractivity contribution in [1.29, 1.82) is 0 Å². The lowest BCUT2D eigenvalue weighted by Crippen LogP contribution is -2.36. The lowest BCUT2D eigenvalue weighted by molar-refractivity contribution is -0.119. The van der Waals surface area contributed by atoms with E-state index in [4.69, 9.17) is 11.6 Å². The predicted octanol–water partition coefficient (Wildman–Crippen LogP) is 0.249. The molecule has 1 amide bonds. The second kappa shape index (κ2) is 4.52. The zero-order chi connectivity index (χ0) is 8.15. The summed E-state index contributed by atoms with van der Waals surface area (Å²) in [6.07, 6.45) is 0. The molecule has 0 saturated heterocycles. The SMILES string of the molecule is CC(=O)NC(Cl)CN(C)C. The van der Waals surface area contributed by atoms with E-state index in [-0.39, 0.29) is 11.4 Å². The van der Waals surface area contributed by atoms with Crippen LogP contribution >= 0.6 is 11.6 Å². The maximum Gasteiger partial charge on any atom is 0.218 e. The third kappa shape index (κ3) is 5.85. The minimum atomic E-state index is -0.285. The van der Waals surface area contributed by atoms with Crippen molar-refractivity contribution in [2.45, 2.75) is 12.4 Å². The van der Waals surface area contributed by atoms with Gasteiger partial charge in [-0.3, -0.25) is 4.79 Å². The fourth-order valence-corrected chi connectivity index (χ4v) is 1.02. The molecule has 1 unspecified atom stereocenters. The van der Waals surface area contributed by atoms with Crippen LogP contribution in [0.15, 0.2) is 0 Å². The van der Waals surface area contributed by atoms with Crippen LogP contribution in [0.3, 0.4) is 0 Å². The third-order valence-electron chi connectivity index (χ3n) is 0.885. The molecule has 3 nitrogen and oxygen atoms in total. The van der Waals surface area contributed by atoms with E-state index in [1.807, 2.05) is 19.0 Å². The molecule has 1 N–H and O–H groups in total. The number of alkyl halides is 1. The lowest BCUT2D eigenvalue weighted by Gasteiger charge is -2.14. The first kappa shape index (κ1) is 9.72. The van der Waals surface area contributed by atoms with E-state index in [9.17, 15) is 4.79 Å². The van der Waals surface area contributed by atoms with E-state index in [1.165, 1.54) is 6.92 Å². The van der Waals surface area contributed by atoms with Crippen molar-refractivity contribution in [3.63, 3.8) is 0 Å². The van der Waals surface area contributed by atoms with Crippen molar-refractivity contribution >= 4 is 17.5 Å². The average molecular weight is 165 g/mol. The highest BCUT2D eigenvalue weighted by atomic mass is 35.5. The molecule has 0 aromatic rings. The Kier molecular flexibility index (Phi) is 4.40. The Labute approximate surface area is 66.3 Å². The summed E-state index contributed by atoms with van der Waals surface area (Å²) in [5.74, 6) is -0.0955. The van der Waals surface area contributed by atoms with Gasteiger partial charge < -0.3 is 10.2 Å². The highest BCUT2D eigenvalue weighted by molar-refractivity contribution is 6.21. The van der Waals surface area contributed by atoms with Gasteiger partial charge in [0, 0.05) is 13.5 Å². The Morgan fingerprint density at radius 2 is 2.20 bits per heavy atom. The van der Waals surface area contributed by atoms with Gasteiger partial charge in [-0.15, -0.1) is 0 Å². The van der Waals surface area contributed by atoms with Gasteiger partial charge in [-0.1, -0.05) is 11.6 Å². The molecule has 0 aromatic heterocycles. The first-order chi connectivity index (χ1) is 4.52. The number of carbonyl (C=O) groups is 1. The van der Waals surface area contributed by atoms with Gasteiger partial charge >= 0.3 is 0 Å². The molecule has 10 heavy (non-hydrogen) atoms. The largest absolute Gasteiger partial charge is 0.339 e. The monoisotopic (exact) mass is 164 g/mol. The Morgan fingerprint density at radius 3 is 2.50 bits per heavy atom. The van der Waals surface area contributed by atoms with Gasteiger partial charge in [0.1, 0.15) is 5.50 Å². The third-order valence-corrected chi connectivity index (χ3v) is 1.13. The van der Waals surface area contributed by atoms with Crippen LogP contribution in [0.4, 0.5) is 0 Å². The molecule has 0 bridgehead atoms. The molecule has 1 atom stereocenters. The summed E-state index contributed by atoms with van der Waals surface area (Å²) < 4.78 is 0. The number of rotatable bonds is 3. The average Bonchev–Trinajstić information content (AvgIpc) is 1.58. The number of carbonyl (C=O) groups excluding carboxylic acids is 1. The number of amides is 1. The molecule has 0 heterocycles. The van der Waals surface area contributed by atoms with Gasteiger partial charge in [0.2, 0.25) is 5.91 Å². The van der Waals surface area contributed by atoms with Gasteiger partial charge in [-0.25, -0.2) is 0 Å². The van der Waals surface area contributed by atoms with Gasteiger partial charge in [-0.05, 0) is 14.1 Å². The van der Waals surface area contributed by atoms with E-state index < -0.39 is 0 Å². The first-order valence-electron chi connectivity index (χ1n) is 3.08. The minimum absolute atomic E-state index is 0.0955. The molecule has 0 aliphatic rings. The second-order valence-corrected chi connectivity index (χ2v) is 2.96. The molecule has 0 aromatic carbocycles. The summed E-state index contributed by atoms with van der Waals surface area (Å²) in [6.45, 7) is 2.10. The summed E-state index contributed by atoms with van der Waals surface area (Å²) in [4.78, 5) is 12.3. The van der Waals surface area contributed by atoms with E-state index in [0.717, 1.165) is 0 Å². The summed E-state index contributed by atoms with van der Waals surface area (Å²) in [5.41, 5.74) is -0.285. The normalized spacial score (nSPS) is 13.3. The minimum Gasteiger partial charge on any atom is -0.339 e. The molecule has 0 saturated carbocycles. The van der Waals surface area contributed by atoms with Crippen LogP contribution in [0.5, 0.6) is 0 Å². The van der Waals surface area contributed by atoms with E-state index in [1.54, 1.807) is 0 Å². The van der Waals surface area contributed by atoms with Crippen LogP contribution in [0.2, 0.25) is 0 Å². The number of nitrogens with one attached hydrogen (secondary N) is 1. The van der Waals surface area contributed by atoms with Crippen LogP contribution in [-0.4, -0.2) is 36.9 Å². The van der Waals surface area contributed by atoms with E-state index >= 15 is 0 Å². The smallest absolute Gasteiger partial charge is 0.218 e. The topological polar surface area (TPSA) is 32.3 Å². The molecule has 0 fully saturated rings. The quantitative estimate of drug-likeness (QED) is 0.479. The van der Waals surface area contributed by atoms with Crippen molar-refractivity contribution in [3.8, 4) is 0 Å². The maximum absolute atomic E-state index is 10.4. The van der Waals surface area contributed by atoms with Crippen molar-refractivity contribution in [1.82, 2.24) is 10.2 Å². The van der Waals surface area contributed by atoms with Crippen LogP contribution < -0.4 is 5.32 Å². The van der Waals surface area contributed by atoms with Crippen molar-refractivity contribution in [3.05, 3.63) is 0 Å². The Balaban J connectivity index is 3.43. The standard InChI is InChI=1S/C6H13ClN2O/c1-5(10)8-6(7)4-9(2)3/h6H,4H2,1-3H3,(H,8,10). The second-order valence-electron chi connectivity index (χ2n) is 2.43. The molecular weight excluding hydrogens is 152 g/mol. The highest BCUT2D eigenvalue weighted by Gasteiger charge is 2.05. The van der Waals surface area contributed by atoms with Crippen LogP contribution in [0.1, 0.15) is 6.92 Å². The fourth-order valence-electron chi connectivity index (χ4n) is 0.587. The molecule has 0 rings (SSSR count). The molecule has 0 spiro atoms. The number of nitrogens with zero attached hydrogens (tertiary/aromatic N) is 1. The van der Waals surface area contributed by atoms with Gasteiger partial charge in [0.05, 0.1) is 0 Å². The Hall–Kier alpha value is -0.280. The molecule has 0 aliphatic heterocycles. The van der Waals surface area contributed by atoms with Crippen molar-refractivity contribution in [2.24, 2.45) is 0 Å². The number of hydrogen-bond donors (Lipinski definition) is 1. The fraction of sp³-hybridized carbons (Fsp3) is 0.833. The number of hydrogen-bond acceptors (Lipinski definition) is 2. The molecular formula is C6H13ClN2O. The highest BCUT2D eigenvalue weighted by Crippen LogP contribution is 1.91. The van der Waals surface area contributed by atoms with Crippen molar-refractivity contribution < 1.29 is 4.79 Å². The van der Waals surface area contributed by atoms with Gasteiger partial charge in [0.25, 0.3) is 0 Å². The lowest BCUT2D eigenvalue weighted by atomic mass is 10.5. The predicted molar refractivity (Wildman–Crippen MR) is 42.0 cm³/mol. The Bertz CT molecular complexity index is 116. The van der Waals surface area contributed by atoms with Crippen LogP contribution in [0.25, 0.3) is 0 Å².